The third-order valence-electron chi connectivity index (χ3n) is 5.58. The van der Waals surface area contributed by atoms with Crippen LogP contribution in [0.4, 0.5) is 23.7 Å². The molecular formula is C27H35F3N2O5. The lowest BCUT2D eigenvalue weighted by atomic mass is 10.1. The summed E-state index contributed by atoms with van der Waals surface area (Å²) in [7, 11) is 0. The highest BCUT2D eigenvalue weighted by Crippen LogP contribution is 2.29. The van der Waals surface area contributed by atoms with E-state index in [4.69, 9.17) is 9.47 Å². The van der Waals surface area contributed by atoms with Gasteiger partial charge in [0.1, 0.15) is 12.4 Å². The number of hydrogen-bond acceptors (Lipinski definition) is 4. The first kappa shape index (κ1) is 30.0. The molecule has 2 aromatic rings. The number of halogens is 3. The van der Waals surface area contributed by atoms with Crippen molar-refractivity contribution in [1.29, 1.82) is 0 Å². The molecule has 0 spiro atoms. The summed E-state index contributed by atoms with van der Waals surface area (Å²) < 4.78 is 49.4. The lowest BCUT2D eigenvalue weighted by Crippen LogP contribution is -2.38. The number of rotatable bonds is 14. The quantitative estimate of drug-likeness (QED) is 0.312. The number of nitrogens with one attached hydrogen (secondary N) is 1. The lowest BCUT2D eigenvalue weighted by molar-refractivity contribution is -0.150. The van der Waals surface area contributed by atoms with Crippen LogP contribution in [0.1, 0.15) is 44.7 Å². The van der Waals surface area contributed by atoms with E-state index in [1.807, 2.05) is 0 Å². The molecule has 2 N–H and O–H groups in total. The van der Waals surface area contributed by atoms with Gasteiger partial charge in [0.05, 0.1) is 12.1 Å². The smallest absolute Gasteiger partial charge is 0.416 e. The Balaban J connectivity index is 1.95. The van der Waals surface area contributed by atoms with E-state index in [2.05, 4.69) is 19.2 Å². The van der Waals surface area contributed by atoms with Gasteiger partial charge < -0.3 is 24.8 Å². The first-order chi connectivity index (χ1) is 17.5. The van der Waals surface area contributed by atoms with Crippen LogP contribution in [0.3, 0.4) is 0 Å². The van der Waals surface area contributed by atoms with E-state index in [9.17, 15) is 27.9 Å². The first-order valence-corrected chi connectivity index (χ1v) is 12.3. The number of alkyl halides is 3. The minimum atomic E-state index is -4.44. The monoisotopic (exact) mass is 524 g/mol. The van der Waals surface area contributed by atoms with E-state index < -0.39 is 29.8 Å². The molecule has 10 heteroatoms. The number of anilines is 1. The van der Waals surface area contributed by atoms with Crippen LogP contribution in [-0.2, 0) is 22.1 Å². The summed E-state index contributed by atoms with van der Waals surface area (Å²) >= 11 is 0. The Hall–Kier alpha value is -3.27. The molecule has 0 radical (unpaired) electrons. The molecule has 0 aliphatic rings. The molecule has 0 bridgehead atoms. The lowest BCUT2D eigenvalue weighted by Gasteiger charge is -2.24. The van der Waals surface area contributed by atoms with Crippen molar-refractivity contribution < 1.29 is 37.3 Å². The number of amides is 2. The zero-order valence-corrected chi connectivity index (χ0v) is 21.4. The highest BCUT2D eigenvalue weighted by molar-refractivity contribution is 5.89. The molecule has 0 aliphatic heterocycles. The van der Waals surface area contributed by atoms with E-state index in [1.165, 1.54) is 12.1 Å². The largest absolute Gasteiger partial charge is 0.492 e. The van der Waals surface area contributed by atoms with Crippen molar-refractivity contribution in [2.75, 3.05) is 31.6 Å². The molecule has 2 rings (SSSR count). The number of nitrogens with zero attached hydrogens (tertiary/aromatic N) is 1. The van der Waals surface area contributed by atoms with Crippen LogP contribution in [0, 0.1) is 5.92 Å². The molecule has 0 aromatic heterocycles. The van der Waals surface area contributed by atoms with Gasteiger partial charge in [0, 0.05) is 25.3 Å². The van der Waals surface area contributed by atoms with Crippen LogP contribution in [-0.4, -0.2) is 54.4 Å². The normalized spacial score (nSPS) is 12.3. The minimum Gasteiger partial charge on any atom is -0.492 e. The summed E-state index contributed by atoms with van der Waals surface area (Å²) in [6.45, 7) is 7.18. The van der Waals surface area contributed by atoms with Crippen LogP contribution >= 0.6 is 0 Å². The number of urea groups is 1. The number of carbonyl (C=O) groups excluding carboxylic acids is 1. The van der Waals surface area contributed by atoms with Gasteiger partial charge in [-0.1, -0.05) is 26.0 Å². The average molecular weight is 525 g/mol. The van der Waals surface area contributed by atoms with Crippen LogP contribution < -0.4 is 10.1 Å². The number of carboxylic acid groups (broad SMARTS) is 1. The standard InChI is InChI=1S/C27H35F3N2O5/c1-4-36-24(25(33)34)18-20-7-13-23(14-8-20)37-17-16-32(15-5-6-19(2)3)26(35)31-22-11-9-21(10-12-22)27(28,29)30/h7-14,19,24H,4-6,15-18H2,1-3H3,(H,31,35)(H,33,34). The molecule has 37 heavy (non-hydrogen) atoms. The molecule has 7 nitrogen and oxygen atoms in total. The summed E-state index contributed by atoms with van der Waals surface area (Å²) in [5.41, 5.74) is 0.282. The molecular weight excluding hydrogens is 489 g/mol. The second-order valence-electron chi connectivity index (χ2n) is 9.01. The van der Waals surface area contributed by atoms with Gasteiger partial charge in [-0.2, -0.15) is 13.2 Å². The fourth-order valence-corrected chi connectivity index (χ4v) is 3.58. The van der Waals surface area contributed by atoms with E-state index in [0.717, 1.165) is 30.5 Å². The van der Waals surface area contributed by atoms with Gasteiger partial charge in [0.25, 0.3) is 0 Å². The molecule has 1 atom stereocenters. The highest BCUT2D eigenvalue weighted by Gasteiger charge is 2.30. The van der Waals surface area contributed by atoms with Crippen molar-refractivity contribution in [3.8, 4) is 5.75 Å². The van der Waals surface area contributed by atoms with Crippen molar-refractivity contribution in [3.05, 3.63) is 59.7 Å². The maximum absolute atomic E-state index is 12.8. The van der Waals surface area contributed by atoms with Crippen molar-refractivity contribution in [3.63, 3.8) is 0 Å². The summed E-state index contributed by atoms with van der Waals surface area (Å²) in [5, 5.41) is 11.9. The number of benzene rings is 2. The molecule has 0 saturated heterocycles. The number of carbonyl (C=O) groups is 2. The molecule has 0 saturated carbocycles. The Bertz CT molecular complexity index is 979. The van der Waals surface area contributed by atoms with Gasteiger partial charge >= 0.3 is 18.2 Å². The Labute approximate surface area is 215 Å². The van der Waals surface area contributed by atoms with E-state index in [0.29, 0.717) is 24.8 Å². The van der Waals surface area contributed by atoms with Crippen LogP contribution in [0.5, 0.6) is 5.75 Å². The third kappa shape index (κ3) is 10.7. The van der Waals surface area contributed by atoms with Crippen molar-refractivity contribution in [2.45, 2.75) is 52.3 Å². The molecule has 0 fully saturated rings. The molecule has 204 valence electrons. The Morgan fingerprint density at radius 2 is 1.68 bits per heavy atom. The second-order valence-corrected chi connectivity index (χ2v) is 9.01. The molecule has 1 unspecified atom stereocenters. The minimum absolute atomic E-state index is 0.207. The Morgan fingerprint density at radius 1 is 1.03 bits per heavy atom. The van der Waals surface area contributed by atoms with E-state index >= 15 is 0 Å². The van der Waals surface area contributed by atoms with Gasteiger partial charge in [-0.15, -0.1) is 0 Å². The highest BCUT2D eigenvalue weighted by atomic mass is 19.4. The zero-order valence-electron chi connectivity index (χ0n) is 21.4. The van der Waals surface area contributed by atoms with Crippen LogP contribution in [0.25, 0.3) is 0 Å². The van der Waals surface area contributed by atoms with Crippen molar-refractivity contribution >= 4 is 17.7 Å². The Kier molecular flexibility index (Phi) is 11.7. The van der Waals surface area contributed by atoms with Crippen molar-refractivity contribution in [2.24, 2.45) is 5.92 Å². The summed E-state index contributed by atoms with van der Waals surface area (Å²) in [6.07, 6.45) is -3.43. The van der Waals surface area contributed by atoms with Gasteiger partial charge in [-0.25, -0.2) is 9.59 Å². The van der Waals surface area contributed by atoms with Gasteiger partial charge in [0.2, 0.25) is 0 Å². The second kappa shape index (κ2) is 14.5. The van der Waals surface area contributed by atoms with Gasteiger partial charge in [0.15, 0.2) is 6.10 Å². The predicted molar refractivity (Wildman–Crippen MR) is 135 cm³/mol. The molecule has 2 amide bonds. The zero-order chi connectivity index (χ0) is 27.4. The van der Waals surface area contributed by atoms with Gasteiger partial charge in [-0.3, -0.25) is 0 Å². The Morgan fingerprint density at radius 3 is 2.22 bits per heavy atom. The molecule has 0 heterocycles. The predicted octanol–water partition coefficient (Wildman–Crippen LogP) is 6.09. The number of carboxylic acids is 1. The van der Waals surface area contributed by atoms with Gasteiger partial charge in [-0.05, 0) is 67.6 Å². The number of ether oxygens (including phenoxy) is 2. The molecule has 0 aliphatic carbocycles. The number of hydrogen-bond donors (Lipinski definition) is 2. The van der Waals surface area contributed by atoms with E-state index in [-0.39, 0.29) is 25.3 Å². The summed E-state index contributed by atoms with van der Waals surface area (Å²) in [4.78, 5) is 25.7. The topological polar surface area (TPSA) is 88.1 Å². The molecule has 2 aromatic carbocycles. The number of aliphatic carboxylic acids is 1. The summed E-state index contributed by atoms with van der Waals surface area (Å²) in [5.74, 6) is 0.0182. The summed E-state index contributed by atoms with van der Waals surface area (Å²) in [6, 6.07) is 10.9. The fraction of sp³-hybridized carbons (Fsp3) is 0.481. The first-order valence-electron chi connectivity index (χ1n) is 12.3. The maximum atomic E-state index is 12.8. The average Bonchev–Trinajstić information content (AvgIpc) is 2.83. The maximum Gasteiger partial charge on any atom is 0.416 e. The van der Waals surface area contributed by atoms with Crippen molar-refractivity contribution in [1.82, 2.24) is 4.90 Å². The van der Waals surface area contributed by atoms with Crippen LogP contribution in [0.15, 0.2) is 48.5 Å². The fourth-order valence-electron chi connectivity index (χ4n) is 3.58. The van der Waals surface area contributed by atoms with E-state index in [1.54, 1.807) is 36.1 Å². The SMILES string of the molecule is CCOC(Cc1ccc(OCCN(CCCC(C)C)C(=O)Nc2ccc(C(F)(F)F)cc2)cc1)C(=O)O. The van der Waals surface area contributed by atoms with Crippen LogP contribution in [0.2, 0.25) is 0 Å². The third-order valence-corrected chi connectivity index (χ3v) is 5.58.